The van der Waals surface area contributed by atoms with Gasteiger partial charge in [0.2, 0.25) is 0 Å². The minimum absolute atomic E-state index is 0. The summed E-state index contributed by atoms with van der Waals surface area (Å²) in [4.78, 5) is 18.4. The first-order chi connectivity index (χ1) is 13.2. The average molecular weight is 504 g/mol. The Balaban J connectivity index is 0.00000392. The summed E-state index contributed by atoms with van der Waals surface area (Å²) in [6.07, 6.45) is 1.95. The second-order valence-electron chi connectivity index (χ2n) is 6.67. The van der Waals surface area contributed by atoms with Gasteiger partial charge in [-0.3, -0.25) is 9.79 Å². The molecule has 158 valence electrons. The molecule has 8 heteroatoms. The molecule has 1 heterocycles. The number of hydrogen-bond acceptors (Lipinski definition) is 4. The first-order valence-corrected chi connectivity index (χ1v) is 9.51. The van der Waals surface area contributed by atoms with Crippen LogP contribution in [0.4, 0.5) is 0 Å². The van der Waals surface area contributed by atoms with E-state index < -0.39 is 0 Å². The number of carbonyl (C=O) groups excluding carboxylic acids is 1. The zero-order valence-corrected chi connectivity index (χ0v) is 19.4. The number of guanidine groups is 1. The second kappa shape index (κ2) is 13.7. The van der Waals surface area contributed by atoms with E-state index in [1.807, 2.05) is 31.3 Å². The number of halogens is 1. The number of rotatable bonds is 9. The minimum atomic E-state index is -0.0588. The topological polar surface area (TPSA) is 75.2 Å². The summed E-state index contributed by atoms with van der Waals surface area (Å²) in [5.74, 6) is 1.40. The number of ether oxygens (including phenoxy) is 2. The minimum Gasteiger partial charge on any atom is -0.382 e. The van der Waals surface area contributed by atoms with Crippen molar-refractivity contribution >= 4 is 35.8 Å². The average Bonchev–Trinajstić information content (AvgIpc) is 3.17. The maximum absolute atomic E-state index is 11.7. The van der Waals surface area contributed by atoms with Crippen molar-refractivity contribution < 1.29 is 14.3 Å². The molecular formula is C20H33IN4O3. The first-order valence-electron chi connectivity index (χ1n) is 9.51. The Hall–Kier alpha value is -1.39. The maximum Gasteiger partial charge on any atom is 0.251 e. The van der Waals surface area contributed by atoms with Gasteiger partial charge in [0.25, 0.3) is 5.91 Å². The lowest BCUT2D eigenvalue weighted by atomic mass is 10.1. The van der Waals surface area contributed by atoms with Crippen LogP contribution in [0.25, 0.3) is 0 Å². The third kappa shape index (κ3) is 7.92. The zero-order chi connectivity index (χ0) is 19.5. The van der Waals surface area contributed by atoms with E-state index >= 15 is 0 Å². The van der Waals surface area contributed by atoms with Gasteiger partial charge in [-0.1, -0.05) is 12.1 Å². The van der Waals surface area contributed by atoms with Gasteiger partial charge in [-0.2, -0.15) is 0 Å². The fourth-order valence-electron chi connectivity index (χ4n) is 3.22. The highest BCUT2D eigenvalue weighted by Crippen LogP contribution is 2.16. The third-order valence-electron chi connectivity index (χ3n) is 4.70. The van der Waals surface area contributed by atoms with Crippen molar-refractivity contribution in [2.24, 2.45) is 10.9 Å². The largest absolute Gasteiger partial charge is 0.382 e. The molecule has 2 N–H and O–H groups in total. The predicted molar refractivity (Wildman–Crippen MR) is 123 cm³/mol. The van der Waals surface area contributed by atoms with Crippen molar-refractivity contribution in [1.82, 2.24) is 15.5 Å². The monoisotopic (exact) mass is 504 g/mol. The van der Waals surface area contributed by atoms with Gasteiger partial charge in [0.15, 0.2) is 5.96 Å². The molecule has 1 aromatic rings. The van der Waals surface area contributed by atoms with Crippen LogP contribution in [0.1, 0.15) is 22.3 Å². The second-order valence-corrected chi connectivity index (χ2v) is 6.67. The van der Waals surface area contributed by atoms with Gasteiger partial charge in [-0.05, 0) is 30.5 Å². The Bertz CT molecular complexity index is 627. The number of benzene rings is 1. The highest BCUT2D eigenvalue weighted by atomic mass is 127. The lowest BCUT2D eigenvalue weighted by Crippen LogP contribution is -2.41. The molecule has 1 unspecified atom stereocenters. The van der Waals surface area contributed by atoms with E-state index in [1.165, 1.54) is 0 Å². The van der Waals surface area contributed by atoms with Gasteiger partial charge < -0.3 is 25.0 Å². The molecule has 0 aromatic heterocycles. The van der Waals surface area contributed by atoms with E-state index in [2.05, 4.69) is 20.5 Å². The van der Waals surface area contributed by atoms with Crippen LogP contribution in [0.5, 0.6) is 0 Å². The van der Waals surface area contributed by atoms with E-state index in [0.717, 1.165) is 50.6 Å². The Morgan fingerprint density at radius 2 is 2.18 bits per heavy atom. The Morgan fingerprint density at radius 1 is 1.36 bits per heavy atom. The lowest BCUT2D eigenvalue weighted by Gasteiger charge is -2.22. The van der Waals surface area contributed by atoms with Crippen LogP contribution in [0.2, 0.25) is 0 Å². The van der Waals surface area contributed by atoms with Gasteiger partial charge >= 0.3 is 0 Å². The summed E-state index contributed by atoms with van der Waals surface area (Å²) in [6, 6.07) is 7.73. The summed E-state index contributed by atoms with van der Waals surface area (Å²) >= 11 is 0. The van der Waals surface area contributed by atoms with Crippen molar-refractivity contribution in [2.45, 2.75) is 12.8 Å². The van der Waals surface area contributed by atoms with Gasteiger partial charge in [-0.25, -0.2) is 0 Å². The van der Waals surface area contributed by atoms with Crippen molar-refractivity contribution in [3.8, 4) is 0 Å². The predicted octanol–water partition coefficient (Wildman–Crippen LogP) is 1.77. The number of likely N-dealkylation sites (tertiary alicyclic amines) is 1. The quantitative estimate of drug-likeness (QED) is 0.232. The molecule has 28 heavy (non-hydrogen) atoms. The first kappa shape index (κ1) is 24.6. The van der Waals surface area contributed by atoms with Crippen molar-refractivity contribution in [3.05, 3.63) is 35.4 Å². The Kier molecular flexibility index (Phi) is 12.1. The maximum atomic E-state index is 11.7. The number of amides is 1. The summed E-state index contributed by atoms with van der Waals surface area (Å²) in [5.41, 5.74) is 1.82. The lowest BCUT2D eigenvalue weighted by molar-refractivity contribution is 0.0536. The fraction of sp³-hybridized carbons (Fsp3) is 0.600. The van der Waals surface area contributed by atoms with E-state index in [0.29, 0.717) is 24.7 Å². The fourth-order valence-corrected chi connectivity index (χ4v) is 3.22. The smallest absolute Gasteiger partial charge is 0.251 e. The van der Waals surface area contributed by atoms with Crippen molar-refractivity contribution in [3.63, 3.8) is 0 Å². The number of methoxy groups -OCH3 is 1. The number of carbonyl (C=O) groups is 1. The van der Waals surface area contributed by atoms with Crippen LogP contribution < -0.4 is 10.6 Å². The molecule has 0 aliphatic carbocycles. The molecule has 1 aliphatic heterocycles. The molecule has 0 bridgehead atoms. The summed E-state index contributed by atoms with van der Waals surface area (Å²) in [7, 11) is 5.15. The third-order valence-corrected chi connectivity index (χ3v) is 4.70. The molecule has 0 spiro atoms. The molecule has 1 saturated heterocycles. The van der Waals surface area contributed by atoms with Gasteiger partial charge in [0.05, 0.1) is 19.8 Å². The molecule has 1 aromatic carbocycles. The van der Waals surface area contributed by atoms with E-state index in [9.17, 15) is 4.79 Å². The summed E-state index contributed by atoms with van der Waals surface area (Å²) in [5, 5.41) is 6.09. The molecule has 0 radical (unpaired) electrons. The number of aliphatic imine (C=N–C) groups is 1. The van der Waals surface area contributed by atoms with E-state index in [4.69, 9.17) is 9.47 Å². The Morgan fingerprint density at radius 3 is 2.89 bits per heavy atom. The van der Waals surface area contributed by atoms with Gasteiger partial charge in [0, 0.05) is 52.3 Å². The zero-order valence-electron chi connectivity index (χ0n) is 17.1. The standard InChI is InChI=1S/C20H32N4O3.HI/c1-21-19(25)18-6-4-5-16(13-18)7-9-23-20(22-2)24-10-8-17(14-24)15-27-12-11-26-3;/h4-6,13,17H,7-12,14-15H2,1-3H3,(H,21,25)(H,22,23);1H. The summed E-state index contributed by atoms with van der Waals surface area (Å²) in [6.45, 7) is 4.78. The normalized spacial score (nSPS) is 16.6. The van der Waals surface area contributed by atoms with E-state index in [-0.39, 0.29) is 29.9 Å². The summed E-state index contributed by atoms with van der Waals surface area (Å²) < 4.78 is 10.7. The molecule has 0 saturated carbocycles. The van der Waals surface area contributed by atoms with Crippen LogP contribution in [0, 0.1) is 5.92 Å². The SMILES string of the molecule is CN=C(NCCc1cccc(C(=O)NC)c1)N1CCC(COCCOC)C1.I. The van der Waals surface area contributed by atoms with Crippen LogP contribution in [-0.2, 0) is 15.9 Å². The Labute approximate surface area is 185 Å². The number of nitrogens with one attached hydrogen (secondary N) is 2. The van der Waals surface area contributed by atoms with E-state index in [1.54, 1.807) is 14.2 Å². The molecule has 2 rings (SSSR count). The highest BCUT2D eigenvalue weighted by molar-refractivity contribution is 14.0. The number of hydrogen-bond donors (Lipinski definition) is 2. The van der Waals surface area contributed by atoms with Gasteiger partial charge in [-0.15, -0.1) is 24.0 Å². The number of nitrogens with zero attached hydrogens (tertiary/aromatic N) is 2. The van der Waals surface area contributed by atoms with Crippen LogP contribution in [0.15, 0.2) is 29.3 Å². The van der Waals surface area contributed by atoms with Crippen molar-refractivity contribution in [2.75, 3.05) is 60.7 Å². The molecule has 1 aliphatic rings. The molecule has 7 nitrogen and oxygen atoms in total. The van der Waals surface area contributed by atoms with Gasteiger partial charge in [0.1, 0.15) is 0 Å². The van der Waals surface area contributed by atoms with Crippen LogP contribution >= 0.6 is 24.0 Å². The highest BCUT2D eigenvalue weighted by Gasteiger charge is 2.24. The molecule has 1 amide bonds. The molecular weight excluding hydrogens is 471 g/mol. The van der Waals surface area contributed by atoms with Crippen LogP contribution in [-0.4, -0.2) is 77.4 Å². The van der Waals surface area contributed by atoms with Crippen LogP contribution in [0.3, 0.4) is 0 Å². The van der Waals surface area contributed by atoms with Crippen molar-refractivity contribution in [1.29, 1.82) is 0 Å². The molecule has 1 fully saturated rings. The molecule has 1 atom stereocenters.